The Hall–Kier alpha value is -2.92. The average Bonchev–Trinajstić information content (AvgIpc) is 2.66. The van der Waals surface area contributed by atoms with Gasteiger partial charge in [-0.1, -0.05) is 48.5 Å². The lowest BCUT2D eigenvalue weighted by Crippen LogP contribution is -2.44. The van der Waals surface area contributed by atoms with E-state index >= 15 is 0 Å². The van der Waals surface area contributed by atoms with Crippen LogP contribution in [-0.4, -0.2) is 25.0 Å². The second-order valence-electron chi connectivity index (χ2n) is 6.66. The molecule has 0 aromatic heterocycles. The van der Waals surface area contributed by atoms with Crippen molar-refractivity contribution in [2.45, 2.75) is 13.0 Å². The van der Waals surface area contributed by atoms with Crippen molar-refractivity contribution >= 4 is 34.9 Å². The third-order valence-electron chi connectivity index (χ3n) is 4.50. The maximum atomic E-state index is 13.0. The minimum Gasteiger partial charge on any atom is -0.378 e. The number of ketones is 1. The number of rotatable bonds is 5. The third-order valence-corrected chi connectivity index (χ3v) is 4.72. The fraction of sp³-hybridized carbons (Fsp3) is 0.182. The Kier molecular flexibility index (Phi) is 5.72. The maximum Gasteiger partial charge on any atom is 0.186 e. The van der Waals surface area contributed by atoms with Gasteiger partial charge in [0.15, 0.2) is 10.9 Å². The lowest BCUT2D eigenvalue weighted by Gasteiger charge is -2.29. The summed E-state index contributed by atoms with van der Waals surface area (Å²) in [6.45, 7) is 1.88. The van der Waals surface area contributed by atoms with Crippen LogP contribution in [-0.2, 0) is 4.79 Å². The zero-order valence-electron chi connectivity index (χ0n) is 15.7. The highest BCUT2D eigenvalue weighted by molar-refractivity contribution is 7.80. The normalized spacial score (nSPS) is 16.9. The molecule has 0 radical (unpaired) electrons. The standard InChI is InChI=1S/C22H23N3OS/c1-15-20(21(24-22(27)23-15)17-7-5-4-6-8-17)19(26)14-11-16-9-12-18(13-10-16)25(2)3/h4-14,21H,1-3H3,(H2,23,24,27)/b14-11+. The van der Waals surface area contributed by atoms with Gasteiger partial charge in [0.05, 0.1) is 6.04 Å². The summed E-state index contributed by atoms with van der Waals surface area (Å²) in [6, 6.07) is 17.7. The number of nitrogens with one attached hydrogen (secondary N) is 2. The Morgan fingerprint density at radius 3 is 2.37 bits per heavy atom. The highest BCUT2D eigenvalue weighted by Crippen LogP contribution is 2.27. The summed E-state index contributed by atoms with van der Waals surface area (Å²) in [4.78, 5) is 15.0. The van der Waals surface area contributed by atoms with E-state index in [1.165, 1.54) is 0 Å². The van der Waals surface area contributed by atoms with Crippen LogP contribution < -0.4 is 15.5 Å². The van der Waals surface area contributed by atoms with Crippen molar-refractivity contribution in [3.63, 3.8) is 0 Å². The molecule has 1 unspecified atom stereocenters. The van der Waals surface area contributed by atoms with Gasteiger partial charge in [-0.15, -0.1) is 0 Å². The van der Waals surface area contributed by atoms with E-state index in [1.807, 2.05) is 86.6 Å². The van der Waals surface area contributed by atoms with Crippen molar-refractivity contribution in [3.05, 3.63) is 83.1 Å². The number of thiocarbonyl (C=S) groups is 1. The molecule has 138 valence electrons. The van der Waals surface area contributed by atoms with E-state index in [0.29, 0.717) is 10.7 Å². The molecule has 2 aromatic carbocycles. The predicted octanol–water partition coefficient (Wildman–Crippen LogP) is 3.83. The molecular weight excluding hydrogens is 354 g/mol. The van der Waals surface area contributed by atoms with Crippen molar-refractivity contribution in [2.24, 2.45) is 0 Å². The summed E-state index contributed by atoms with van der Waals surface area (Å²) in [5, 5.41) is 6.81. The van der Waals surface area contributed by atoms with Crippen LogP contribution >= 0.6 is 12.2 Å². The van der Waals surface area contributed by atoms with Gasteiger partial charge in [-0.3, -0.25) is 4.79 Å². The highest BCUT2D eigenvalue weighted by Gasteiger charge is 2.28. The fourth-order valence-corrected chi connectivity index (χ4v) is 3.33. The molecule has 0 spiro atoms. The summed E-state index contributed by atoms with van der Waals surface area (Å²) in [5.74, 6) is -0.0412. The number of hydrogen-bond acceptors (Lipinski definition) is 3. The lowest BCUT2D eigenvalue weighted by atomic mass is 9.92. The molecule has 1 aliphatic rings. The second-order valence-corrected chi connectivity index (χ2v) is 7.07. The summed E-state index contributed by atoms with van der Waals surface area (Å²) in [7, 11) is 4.00. The number of anilines is 1. The summed E-state index contributed by atoms with van der Waals surface area (Å²) < 4.78 is 0. The molecule has 1 aliphatic heterocycles. The minimum absolute atomic E-state index is 0.0412. The first kappa shape index (κ1) is 18.9. The van der Waals surface area contributed by atoms with E-state index in [9.17, 15) is 4.79 Å². The summed E-state index contributed by atoms with van der Waals surface area (Å²) in [5.41, 5.74) is 4.57. The molecule has 1 heterocycles. The molecule has 2 N–H and O–H groups in total. The van der Waals surface area contributed by atoms with Crippen molar-refractivity contribution < 1.29 is 4.79 Å². The van der Waals surface area contributed by atoms with E-state index in [-0.39, 0.29) is 11.8 Å². The number of benzene rings is 2. The molecule has 0 aliphatic carbocycles. The first-order valence-corrected chi connectivity index (χ1v) is 9.19. The molecule has 1 atom stereocenters. The van der Waals surface area contributed by atoms with Gasteiger partial charge >= 0.3 is 0 Å². The second kappa shape index (κ2) is 8.18. The molecule has 2 aromatic rings. The Balaban J connectivity index is 1.86. The van der Waals surface area contributed by atoms with Gasteiger partial charge in [0.1, 0.15) is 0 Å². The molecule has 0 bridgehead atoms. The molecule has 0 saturated carbocycles. The largest absolute Gasteiger partial charge is 0.378 e. The van der Waals surface area contributed by atoms with Crippen LogP contribution in [0.2, 0.25) is 0 Å². The SMILES string of the molecule is CC1=C(C(=O)/C=C/c2ccc(N(C)C)cc2)C(c2ccccc2)NC(=S)N1. The van der Waals surface area contributed by atoms with E-state index in [0.717, 1.165) is 22.5 Å². The van der Waals surface area contributed by atoms with Crippen molar-refractivity contribution in [2.75, 3.05) is 19.0 Å². The van der Waals surface area contributed by atoms with Crippen LogP contribution in [0, 0.1) is 0 Å². The van der Waals surface area contributed by atoms with Crippen LogP contribution in [0.3, 0.4) is 0 Å². The van der Waals surface area contributed by atoms with E-state index in [2.05, 4.69) is 10.6 Å². The smallest absolute Gasteiger partial charge is 0.186 e. The quantitative estimate of drug-likeness (QED) is 0.612. The minimum atomic E-state index is -0.256. The van der Waals surface area contributed by atoms with Crippen LogP contribution in [0.4, 0.5) is 5.69 Å². The molecule has 0 saturated heterocycles. The zero-order valence-corrected chi connectivity index (χ0v) is 16.5. The van der Waals surface area contributed by atoms with Gasteiger partial charge in [0.2, 0.25) is 0 Å². The van der Waals surface area contributed by atoms with Gasteiger partial charge in [0, 0.05) is 31.1 Å². The van der Waals surface area contributed by atoms with Crippen LogP contribution in [0.15, 0.2) is 71.9 Å². The van der Waals surface area contributed by atoms with Crippen LogP contribution in [0.5, 0.6) is 0 Å². The van der Waals surface area contributed by atoms with Gasteiger partial charge in [0.25, 0.3) is 0 Å². The summed E-state index contributed by atoms with van der Waals surface area (Å²) in [6.07, 6.45) is 3.47. The Morgan fingerprint density at radius 2 is 1.74 bits per heavy atom. The lowest BCUT2D eigenvalue weighted by molar-refractivity contribution is -0.111. The molecule has 0 amide bonds. The molecular formula is C22H23N3OS. The molecule has 5 heteroatoms. The summed E-state index contributed by atoms with van der Waals surface area (Å²) >= 11 is 5.28. The number of carbonyl (C=O) groups excluding carboxylic acids is 1. The van der Waals surface area contributed by atoms with Gasteiger partial charge in [-0.05, 0) is 48.5 Å². The van der Waals surface area contributed by atoms with Crippen molar-refractivity contribution in [1.29, 1.82) is 0 Å². The molecule has 0 fully saturated rings. The van der Waals surface area contributed by atoms with Gasteiger partial charge in [-0.25, -0.2) is 0 Å². The van der Waals surface area contributed by atoms with Crippen LogP contribution in [0.1, 0.15) is 24.1 Å². The Labute approximate surface area is 165 Å². The van der Waals surface area contributed by atoms with Gasteiger partial charge in [-0.2, -0.15) is 0 Å². The van der Waals surface area contributed by atoms with Crippen LogP contribution in [0.25, 0.3) is 6.08 Å². The molecule has 27 heavy (non-hydrogen) atoms. The van der Waals surface area contributed by atoms with E-state index in [4.69, 9.17) is 12.2 Å². The van der Waals surface area contributed by atoms with E-state index < -0.39 is 0 Å². The predicted molar refractivity (Wildman–Crippen MR) is 116 cm³/mol. The third kappa shape index (κ3) is 4.44. The first-order valence-electron chi connectivity index (χ1n) is 8.79. The topological polar surface area (TPSA) is 44.4 Å². The van der Waals surface area contributed by atoms with Gasteiger partial charge < -0.3 is 15.5 Å². The number of nitrogens with zero attached hydrogens (tertiary/aromatic N) is 1. The Bertz CT molecular complexity index is 899. The Morgan fingerprint density at radius 1 is 1.07 bits per heavy atom. The van der Waals surface area contributed by atoms with Crippen molar-refractivity contribution in [1.82, 2.24) is 10.6 Å². The molecule has 4 nitrogen and oxygen atoms in total. The number of allylic oxidation sites excluding steroid dienone is 2. The first-order chi connectivity index (χ1) is 13.0. The average molecular weight is 378 g/mol. The zero-order chi connectivity index (χ0) is 19.4. The van der Waals surface area contributed by atoms with E-state index in [1.54, 1.807) is 6.08 Å². The monoisotopic (exact) mass is 377 g/mol. The maximum absolute atomic E-state index is 13.0. The fourth-order valence-electron chi connectivity index (χ4n) is 3.06. The van der Waals surface area contributed by atoms with Crippen molar-refractivity contribution in [3.8, 4) is 0 Å². The number of hydrogen-bond donors (Lipinski definition) is 2. The highest BCUT2D eigenvalue weighted by atomic mass is 32.1. The molecule has 3 rings (SSSR count). The number of carbonyl (C=O) groups is 1.